The first kappa shape index (κ1) is 17.5. The predicted molar refractivity (Wildman–Crippen MR) is 106 cm³/mol. The number of primary amides is 2. The molecule has 2 amide bonds. The number of anilines is 1. The van der Waals surface area contributed by atoms with Crippen LogP contribution in [0.5, 0.6) is 0 Å². The number of allylic oxidation sites excluding steroid dienone is 2. The molecule has 0 saturated heterocycles. The van der Waals surface area contributed by atoms with Crippen LogP contribution < -0.4 is 26.9 Å². The molecule has 1 aromatic carbocycles. The number of amides is 2. The standard InChI is InChI=1S/C22H26N4O2/c23-20(27)19(21(24)28)14-8-9-16-18(12-14)26-17-7-2-1-5-13(17)11-15-6-3-4-10-22(15,26)25-16/h8-9,12,15H,1-7,10-11H2,(H2,23,27)(H2,24,28)/t15-,22+/m1/s1. The normalized spacial score (nSPS) is 27.9. The van der Waals surface area contributed by atoms with E-state index in [4.69, 9.17) is 16.5 Å². The van der Waals surface area contributed by atoms with Gasteiger partial charge >= 0.3 is 0 Å². The van der Waals surface area contributed by atoms with E-state index in [0.29, 0.717) is 11.1 Å². The molecular weight excluding hydrogens is 352 g/mol. The topological polar surface area (TPSA) is 102 Å². The van der Waals surface area contributed by atoms with Gasteiger partial charge in [0.05, 0.1) is 11.0 Å². The summed E-state index contributed by atoms with van der Waals surface area (Å²) in [5, 5.41) is 1.44. The average Bonchev–Trinajstić information content (AvgIpc) is 2.99. The summed E-state index contributed by atoms with van der Waals surface area (Å²) >= 11 is 0. The molecule has 0 aromatic heterocycles. The lowest BCUT2D eigenvalue weighted by Gasteiger charge is -2.52. The number of hydrogen-bond donors (Lipinski definition) is 2. The first-order chi connectivity index (χ1) is 13.5. The molecule has 0 bridgehead atoms. The van der Waals surface area contributed by atoms with Gasteiger partial charge in [0.1, 0.15) is 11.2 Å². The molecule has 6 heteroatoms. The van der Waals surface area contributed by atoms with Crippen molar-refractivity contribution in [3.63, 3.8) is 0 Å². The fourth-order valence-electron chi connectivity index (χ4n) is 5.86. The Balaban J connectivity index is 1.76. The average molecular weight is 378 g/mol. The molecule has 2 heterocycles. The molecule has 4 N–H and O–H groups in total. The van der Waals surface area contributed by atoms with E-state index in [1.165, 1.54) is 44.2 Å². The van der Waals surface area contributed by atoms with E-state index in [1.807, 2.05) is 12.1 Å². The van der Waals surface area contributed by atoms with E-state index in [1.54, 1.807) is 11.6 Å². The third-order valence-corrected chi connectivity index (χ3v) is 7.01. The number of rotatable bonds is 2. The van der Waals surface area contributed by atoms with Gasteiger partial charge in [-0.2, -0.15) is 0 Å². The molecule has 2 aliphatic carbocycles. The smallest absolute Gasteiger partial charge is 0.254 e. The largest absolute Gasteiger partial charge is 0.365 e. The van der Waals surface area contributed by atoms with Crippen molar-refractivity contribution in [2.45, 2.75) is 63.5 Å². The Morgan fingerprint density at radius 2 is 1.86 bits per heavy atom. The molecule has 28 heavy (non-hydrogen) atoms. The molecule has 5 rings (SSSR count). The van der Waals surface area contributed by atoms with Gasteiger partial charge in [0.25, 0.3) is 11.8 Å². The number of carbonyl (C=O) groups excluding carboxylic acids is 2. The van der Waals surface area contributed by atoms with Gasteiger partial charge < -0.3 is 16.4 Å². The Hall–Kier alpha value is -2.63. The minimum Gasteiger partial charge on any atom is -0.365 e. The molecule has 1 spiro atoms. The highest BCUT2D eigenvalue weighted by Crippen LogP contribution is 2.53. The lowest BCUT2D eigenvalue weighted by Crippen LogP contribution is -2.55. The molecular formula is C22H26N4O2. The Labute approximate surface area is 164 Å². The number of nitrogens with zero attached hydrogens (tertiary/aromatic N) is 2. The fraction of sp³-hybridized carbons (Fsp3) is 0.500. The van der Waals surface area contributed by atoms with Crippen LogP contribution in [-0.4, -0.2) is 17.5 Å². The van der Waals surface area contributed by atoms with Crippen LogP contribution in [0.4, 0.5) is 5.69 Å². The van der Waals surface area contributed by atoms with E-state index in [9.17, 15) is 9.59 Å². The quantitative estimate of drug-likeness (QED) is 0.760. The minimum atomic E-state index is -0.788. The maximum absolute atomic E-state index is 11.8. The van der Waals surface area contributed by atoms with Crippen molar-refractivity contribution in [3.05, 3.63) is 40.0 Å². The summed E-state index contributed by atoms with van der Waals surface area (Å²) in [6.45, 7) is 0. The molecule has 1 aromatic rings. The molecule has 1 saturated carbocycles. The zero-order valence-corrected chi connectivity index (χ0v) is 16.0. The van der Waals surface area contributed by atoms with Gasteiger partial charge in [0.2, 0.25) is 0 Å². The number of benzene rings is 1. The van der Waals surface area contributed by atoms with Crippen LogP contribution in [0.1, 0.15) is 57.8 Å². The number of carbonyl (C=O) groups is 2. The van der Waals surface area contributed by atoms with E-state index >= 15 is 0 Å². The predicted octanol–water partition coefficient (Wildman–Crippen LogP) is 1.37. The van der Waals surface area contributed by atoms with E-state index in [-0.39, 0.29) is 11.2 Å². The Bertz CT molecular complexity index is 1030. The van der Waals surface area contributed by atoms with Gasteiger partial charge in [-0.25, -0.2) is 0 Å². The summed E-state index contributed by atoms with van der Waals surface area (Å²) < 4.78 is 0. The summed E-state index contributed by atoms with van der Waals surface area (Å²) in [6.07, 6.45) is 10.6. The third-order valence-electron chi connectivity index (χ3n) is 7.01. The zero-order valence-electron chi connectivity index (χ0n) is 16.0. The second kappa shape index (κ2) is 6.19. The van der Waals surface area contributed by atoms with Crippen LogP contribution >= 0.6 is 0 Å². The highest BCUT2D eigenvalue weighted by Gasteiger charge is 2.53. The van der Waals surface area contributed by atoms with Crippen molar-refractivity contribution in [2.75, 3.05) is 4.90 Å². The van der Waals surface area contributed by atoms with Crippen molar-refractivity contribution < 1.29 is 9.59 Å². The van der Waals surface area contributed by atoms with Crippen molar-refractivity contribution in [1.82, 2.24) is 0 Å². The lowest BCUT2D eigenvalue weighted by atomic mass is 9.70. The SMILES string of the molecule is NC(=O)C(C(N)=O)=c1ccc2c(c1)N1C3=C(CCCC3)C[C@H]3CCCC[C@@]31N=2. The van der Waals surface area contributed by atoms with Crippen molar-refractivity contribution in [1.29, 1.82) is 0 Å². The minimum absolute atomic E-state index is 0.140. The molecule has 1 fully saturated rings. The van der Waals surface area contributed by atoms with E-state index in [2.05, 4.69) is 4.90 Å². The van der Waals surface area contributed by atoms with E-state index < -0.39 is 11.8 Å². The second-order valence-corrected chi connectivity index (χ2v) is 8.54. The Kier molecular flexibility index (Phi) is 3.86. The second-order valence-electron chi connectivity index (χ2n) is 8.54. The molecule has 2 atom stereocenters. The van der Waals surface area contributed by atoms with Gasteiger partial charge in [-0.15, -0.1) is 0 Å². The Morgan fingerprint density at radius 3 is 2.64 bits per heavy atom. The summed E-state index contributed by atoms with van der Waals surface area (Å²) in [5.41, 5.74) is 14.5. The van der Waals surface area contributed by atoms with Crippen molar-refractivity contribution in [3.8, 4) is 0 Å². The molecule has 0 unspecified atom stereocenters. The molecule has 0 radical (unpaired) electrons. The highest BCUT2D eigenvalue weighted by atomic mass is 16.2. The molecule has 6 nitrogen and oxygen atoms in total. The third kappa shape index (κ3) is 2.36. The summed E-state index contributed by atoms with van der Waals surface area (Å²) in [5.74, 6) is -1.04. The first-order valence-electron chi connectivity index (χ1n) is 10.4. The van der Waals surface area contributed by atoms with Crippen LogP contribution in [-0.2, 0) is 9.59 Å². The number of hydrogen-bond acceptors (Lipinski definition) is 4. The zero-order chi connectivity index (χ0) is 19.5. The van der Waals surface area contributed by atoms with Crippen molar-refractivity contribution in [2.24, 2.45) is 22.4 Å². The fourth-order valence-corrected chi connectivity index (χ4v) is 5.86. The number of fused-ring (bicyclic) bond motifs is 3. The monoisotopic (exact) mass is 378 g/mol. The van der Waals surface area contributed by atoms with Crippen LogP contribution in [0.25, 0.3) is 5.57 Å². The van der Waals surface area contributed by atoms with Gasteiger partial charge in [-0.1, -0.05) is 18.1 Å². The maximum atomic E-state index is 11.8. The highest BCUT2D eigenvalue weighted by molar-refractivity contribution is 6.39. The van der Waals surface area contributed by atoms with Gasteiger partial charge in [0.15, 0.2) is 0 Å². The summed E-state index contributed by atoms with van der Waals surface area (Å²) in [4.78, 5) is 31.4. The van der Waals surface area contributed by atoms with Gasteiger partial charge in [-0.3, -0.25) is 14.6 Å². The van der Waals surface area contributed by atoms with Crippen LogP contribution in [0.2, 0.25) is 0 Å². The lowest BCUT2D eigenvalue weighted by molar-refractivity contribution is -0.117. The van der Waals surface area contributed by atoms with Crippen LogP contribution in [0.15, 0.2) is 34.5 Å². The van der Waals surface area contributed by atoms with Crippen molar-refractivity contribution >= 4 is 23.1 Å². The maximum Gasteiger partial charge on any atom is 0.254 e. The molecule has 146 valence electrons. The molecule has 2 aliphatic heterocycles. The summed E-state index contributed by atoms with van der Waals surface area (Å²) in [6, 6.07) is 5.56. The first-order valence-corrected chi connectivity index (χ1v) is 10.4. The molecule has 4 aliphatic rings. The van der Waals surface area contributed by atoms with E-state index in [0.717, 1.165) is 30.3 Å². The summed E-state index contributed by atoms with van der Waals surface area (Å²) in [7, 11) is 0. The van der Waals surface area contributed by atoms with Crippen LogP contribution in [0.3, 0.4) is 0 Å². The van der Waals surface area contributed by atoms with Crippen LogP contribution in [0, 0.1) is 5.92 Å². The van der Waals surface area contributed by atoms with Gasteiger partial charge in [0, 0.05) is 11.6 Å². The Morgan fingerprint density at radius 1 is 1.07 bits per heavy atom. The van der Waals surface area contributed by atoms with Gasteiger partial charge in [-0.05, 0) is 68.7 Å². The number of nitrogens with two attached hydrogens (primary N) is 2.